The second kappa shape index (κ2) is 5.08. The summed E-state index contributed by atoms with van der Waals surface area (Å²) < 4.78 is 12.3. The number of rotatable bonds is 4. The van der Waals surface area contributed by atoms with Crippen LogP contribution in [0, 0.1) is 6.92 Å². The lowest BCUT2D eigenvalue weighted by Gasteiger charge is -2.18. The summed E-state index contributed by atoms with van der Waals surface area (Å²) in [4.78, 5) is 4.33. The molecule has 3 rings (SSSR count). The highest BCUT2D eigenvalue weighted by molar-refractivity contribution is 5.18. The third-order valence-corrected chi connectivity index (χ3v) is 3.49. The van der Waals surface area contributed by atoms with Crippen LogP contribution in [0.15, 0.2) is 4.52 Å². The summed E-state index contributed by atoms with van der Waals surface area (Å²) in [6.07, 6.45) is 2.75. The number of methoxy groups -OCH3 is 1. The zero-order valence-corrected chi connectivity index (χ0v) is 11.2. The van der Waals surface area contributed by atoms with Crippen LogP contribution in [0.5, 0.6) is 0 Å². The second-order valence-corrected chi connectivity index (χ2v) is 4.82. The van der Waals surface area contributed by atoms with Crippen molar-refractivity contribution in [2.75, 3.05) is 13.7 Å². The third kappa shape index (κ3) is 2.37. The van der Waals surface area contributed by atoms with Crippen LogP contribution < -0.4 is 0 Å². The van der Waals surface area contributed by atoms with Crippen molar-refractivity contribution >= 4 is 0 Å². The van der Waals surface area contributed by atoms with E-state index in [-0.39, 0.29) is 5.92 Å². The van der Waals surface area contributed by atoms with Gasteiger partial charge in [0.1, 0.15) is 0 Å². The maximum absolute atomic E-state index is 5.28. The van der Waals surface area contributed by atoms with E-state index in [0.717, 1.165) is 37.4 Å². The summed E-state index contributed by atoms with van der Waals surface area (Å²) in [5, 5.41) is 12.3. The molecule has 0 fully saturated rings. The van der Waals surface area contributed by atoms with Gasteiger partial charge in [0.05, 0.1) is 24.5 Å². The average molecular weight is 263 g/mol. The topological polar surface area (TPSA) is 78.9 Å². The SMILES string of the molecule is COCCn1nnc2c1CC(c1nc(C)no1)CC2. The van der Waals surface area contributed by atoms with E-state index in [2.05, 4.69) is 20.5 Å². The van der Waals surface area contributed by atoms with Crippen LogP contribution in [0.4, 0.5) is 0 Å². The Balaban J connectivity index is 1.80. The first-order valence-electron chi connectivity index (χ1n) is 6.48. The monoisotopic (exact) mass is 263 g/mol. The second-order valence-electron chi connectivity index (χ2n) is 4.82. The van der Waals surface area contributed by atoms with Crippen molar-refractivity contribution in [2.45, 2.75) is 38.6 Å². The zero-order chi connectivity index (χ0) is 13.2. The first kappa shape index (κ1) is 12.3. The van der Waals surface area contributed by atoms with Crippen LogP contribution in [0.3, 0.4) is 0 Å². The van der Waals surface area contributed by atoms with Crippen molar-refractivity contribution in [2.24, 2.45) is 0 Å². The predicted molar refractivity (Wildman–Crippen MR) is 65.7 cm³/mol. The van der Waals surface area contributed by atoms with Crippen molar-refractivity contribution in [3.63, 3.8) is 0 Å². The van der Waals surface area contributed by atoms with Gasteiger partial charge >= 0.3 is 0 Å². The van der Waals surface area contributed by atoms with Crippen LogP contribution in [-0.2, 0) is 24.1 Å². The van der Waals surface area contributed by atoms with Gasteiger partial charge in [0, 0.05) is 19.4 Å². The summed E-state index contributed by atoms with van der Waals surface area (Å²) in [6.45, 7) is 3.21. The molecule has 1 aliphatic rings. The summed E-state index contributed by atoms with van der Waals surface area (Å²) in [7, 11) is 1.69. The van der Waals surface area contributed by atoms with E-state index in [4.69, 9.17) is 9.26 Å². The number of aromatic nitrogens is 5. The molecule has 0 aromatic carbocycles. The van der Waals surface area contributed by atoms with Crippen LogP contribution >= 0.6 is 0 Å². The van der Waals surface area contributed by atoms with Crippen LogP contribution in [0.2, 0.25) is 0 Å². The van der Waals surface area contributed by atoms with E-state index in [1.165, 1.54) is 5.69 Å². The van der Waals surface area contributed by atoms with E-state index in [0.29, 0.717) is 12.4 Å². The molecule has 0 amide bonds. The standard InChI is InChI=1S/C12H17N5O2/c1-8-13-12(19-15-8)9-3-4-10-11(7-9)17(16-14-10)5-6-18-2/h9H,3-7H2,1-2H3. The minimum atomic E-state index is 0.272. The molecule has 0 saturated heterocycles. The quantitative estimate of drug-likeness (QED) is 0.815. The molecule has 0 aliphatic heterocycles. The molecule has 2 aromatic heterocycles. The Hall–Kier alpha value is -1.76. The summed E-state index contributed by atoms with van der Waals surface area (Å²) >= 11 is 0. The van der Waals surface area contributed by atoms with Gasteiger partial charge in [0.25, 0.3) is 0 Å². The maximum atomic E-state index is 5.28. The number of hydrogen-bond donors (Lipinski definition) is 0. The lowest BCUT2D eigenvalue weighted by molar-refractivity contribution is 0.181. The first-order valence-corrected chi connectivity index (χ1v) is 6.48. The van der Waals surface area contributed by atoms with Crippen molar-refractivity contribution in [1.82, 2.24) is 25.1 Å². The van der Waals surface area contributed by atoms with Gasteiger partial charge in [-0.2, -0.15) is 4.98 Å². The lowest BCUT2D eigenvalue weighted by Crippen LogP contribution is -2.18. The van der Waals surface area contributed by atoms with Gasteiger partial charge in [0.15, 0.2) is 5.82 Å². The number of aryl methyl sites for hydroxylation is 2. The highest BCUT2D eigenvalue weighted by Gasteiger charge is 2.28. The molecule has 7 heteroatoms. The average Bonchev–Trinajstić information content (AvgIpc) is 3.02. The predicted octanol–water partition coefficient (Wildman–Crippen LogP) is 0.888. The minimum Gasteiger partial charge on any atom is -0.383 e. The Morgan fingerprint density at radius 3 is 3.11 bits per heavy atom. The van der Waals surface area contributed by atoms with Gasteiger partial charge in [-0.25, -0.2) is 4.68 Å². The van der Waals surface area contributed by atoms with Gasteiger partial charge < -0.3 is 9.26 Å². The van der Waals surface area contributed by atoms with Gasteiger partial charge in [-0.1, -0.05) is 10.4 Å². The molecule has 1 unspecified atom stereocenters. The Labute approximate surface area is 110 Å². The maximum Gasteiger partial charge on any atom is 0.230 e. The Morgan fingerprint density at radius 2 is 2.37 bits per heavy atom. The summed E-state index contributed by atoms with van der Waals surface area (Å²) in [5.41, 5.74) is 2.26. The molecule has 2 aromatic rings. The normalized spacial score (nSPS) is 18.5. The van der Waals surface area contributed by atoms with Crippen molar-refractivity contribution in [1.29, 1.82) is 0 Å². The van der Waals surface area contributed by atoms with Crippen LogP contribution in [-0.4, -0.2) is 38.9 Å². The Bertz CT molecular complexity index is 562. The number of nitrogens with zero attached hydrogens (tertiary/aromatic N) is 5. The first-order chi connectivity index (χ1) is 9.28. The highest BCUT2D eigenvalue weighted by atomic mass is 16.5. The van der Waals surface area contributed by atoms with Crippen LogP contribution in [0.25, 0.3) is 0 Å². The van der Waals surface area contributed by atoms with Crippen LogP contribution in [0.1, 0.15) is 35.4 Å². The molecule has 0 N–H and O–H groups in total. The van der Waals surface area contributed by atoms with Crippen molar-refractivity contribution < 1.29 is 9.26 Å². The minimum absolute atomic E-state index is 0.272. The molecule has 0 bridgehead atoms. The van der Waals surface area contributed by atoms with Crippen molar-refractivity contribution in [3.8, 4) is 0 Å². The van der Waals surface area contributed by atoms with E-state index in [9.17, 15) is 0 Å². The molecule has 0 radical (unpaired) electrons. The molecule has 1 atom stereocenters. The zero-order valence-electron chi connectivity index (χ0n) is 11.2. The van der Waals surface area contributed by atoms with E-state index in [1.807, 2.05) is 11.6 Å². The fourth-order valence-electron chi connectivity index (χ4n) is 2.48. The molecule has 1 aliphatic carbocycles. The fraction of sp³-hybridized carbons (Fsp3) is 0.667. The Morgan fingerprint density at radius 1 is 1.47 bits per heavy atom. The van der Waals surface area contributed by atoms with E-state index >= 15 is 0 Å². The number of hydrogen-bond acceptors (Lipinski definition) is 6. The van der Waals surface area contributed by atoms with Crippen molar-refractivity contribution in [3.05, 3.63) is 23.1 Å². The molecule has 102 valence electrons. The smallest absolute Gasteiger partial charge is 0.230 e. The summed E-state index contributed by atoms with van der Waals surface area (Å²) in [6, 6.07) is 0. The molecular weight excluding hydrogens is 246 g/mol. The largest absolute Gasteiger partial charge is 0.383 e. The molecule has 7 nitrogen and oxygen atoms in total. The molecule has 19 heavy (non-hydrogen) atoms. The molecular formula is C12H17N5O2. The van der Waals surface area contributed by atoms with Gasteiger partial charge in [-0.15, -0.1) is 5.10 Å². The number of ether oxygens (including phenoxy) is 1. The van der Waals surface area contributed by atoms with E-state index in [1.54, 1.807) is 7.11 Å². The number of fused-ring (bicyclic) bond motifs is 1. The van der Waals surface area contributed by atoms with E-state index < -0.39 is 0 Å². The third-order valence-electron chi connectivity index (χ3n) is 3.49. The van der Waals surface area contributed by atoms with Gasteiger partial charge in [-0.3, -0.25) is 0 Å². The molecule has 2 heterocycles. The molecule has 0 spiro atoms. The highest BCUT2D eigenvalue weighted by Crippen LogP contribution is 2.30. The summed E-state index contributed by atoms with van der Waals surface area (Å²) in [5.74, 6) is 1.68. The Kier molecular flexibility index (Phi) is 3.29. The molecule has 0 saturated carbocycles. The lowest BCUT2D eigenvalue weighted by atomic mass is 9.89. The van der Waals surface area contributed by atoms with Gasteiger partial charge in [-0.05, 0) is 19.8 Å². The van der Waals surface area contributed by atoms with Gasteiger partial charge in [0.2, 0.25) is 5.89 Å². The fourth-order valence-corrected chi connectivity index (χ4v) is 2.48.